The molecule has 0 saturated carbocycles. The first kappa shape index (κ1) is 12.8. The third-order valence-electron chi connectivity index (χ3n) is 2.91. The Balaban J connectivity index is 2.38. The lowest BCUT2D eigenvalue weighted by atomic mass is 10.1. The van der Waals surface area contributed by atoms with Gasteiger partial charge in [-0.05, 0) is 38.1 Å². The number of rotatable bonds is 5. The summed E-state index contributed by atoms with van der Waals surface area (Å²) in [5.74, 6) is -0.195. The minimum absolute atomic E-state index is 0.0367. The van der Waals surface area contributed by atoms with Crippen LogP contribution in [0.3, 0.4) is 0 Å². The molecule has 0 bridgehead atoms. The molecule has 0 radical (unpaired) electrons. The molecule has 4 heteroatoms. The quantitative estimate of drug-likeness (QED) is 0.880. The monoisotopic (exact) mass is 247 g/mol. The maximum Gasteiger partial charge on any atom is 0.130 e. The van der Waals surface area contributed by atoms with Gasteiger partial charge >= 0.3 is 0 Å². The molecular formula is C14H18FN3. The molecule has 1 unspecified atom stereocenters. The minimum Gasteiger partial charge on any atom is -0.310 e. The van der Waals surface area contributed by atoms with Crippen molar-refractivity contribution in [3.8, 4) is 5.69 Å². The molecule has 0 aliphatic carbocycles. The molecule has 1 aromatic heterocycles. The Morgan fingerprint density at radius 3 is 2.89 bits per heavy atom. The highest BCUT2D eigenvalue weighted by Crippen LogP contribution is 2.24. The van der Waals surface area contributed by atoms with Crippen molar-refractivity contribution in [2.75, 3.05) is 6.54 Å². The van der Waals surface area contributed by atoms with E-state index >= 15 is 0 Å². The lowest BCUT2D eigenvalue weighted by Crippen LogP contribution is -2.22. The molecule has 1 atom stereocenters. The highest BCUT2D eigenvalue weighted by Gasteiger charge is 2.16. The van der Waals surface area contributed by atoms with Gasteiger partial charge in [0, 0.05) is 24.0 Å². The highest BCUT2D eigenvalue weighted by molar-refractivity contribution is 5.43. The van der Waals surface area contributed by atoms with Crippen molar-refractivity contribution in [3.05, 3.63) is 48.0 Å². The van der Waals surface area contributed by atoms with Crippen LogP contribution in [0.2, 0.25) is 0 Å². The van der Waals surface area contributed by atoms with E-state index in [1.54, 1.807) is 16.9 Å². The topological polar surface area (TPSA) is 29.9 Å². The van der Waals surface area contributed by atoms with Crippen LogP contribution in [0.15, 0.2) is 36.7 Å². The van der Waals surface area contributed by atoms with E-state index < -0.39 is 0 Å². The van der Waals surface area contributed by atoms with Crippen LogP contribution in [0.5, 0.6) is 0 Å². The first-order valence-corrected chi connectivity index (χ1v) is 6.26. The Morgan fingerprint density at radius 2 is 2.22 bits per heavy atom. The summed E-state index contributed by atoms with van der Waals surface area (Å²) in [7, 11) is 0. The molecule has 96 valence electrons. The van der Waals surface area contributed by atoms with Crippen LogP contribution in [0.25, 0.3) is 5.69 Å². The van der Waals surface area contributed by atoms with Gasteiger partial charge in [-0.2, -0.15) is 5.10 Å². The van der Waals surface area contributed by atoms with Crippen LogP contribution in [-0.2, 0) is 0 Å². The summed E-state index contributed by atoms with van der Waals surface area (Å²) < 4.78 is 15.7. The zero-order valence-corrected chi connectivity index (χ0v) is 10.7. The Hall–Kier alpha value is -1.68. The number of hydrogen-bond acceptors (Lipinski definition) is 2. The number of aromatic nitrogens is 2. The third-order valence-corrected chi connectivity index (χ3v) is 2.91. The molecule has 18 heavy (non-hydrogen) atoms. The minimum atomic E-state index is -0.195. The maximum absolute atomic E-state index is 14.0. The van der Waals surface area contributed by atoms with E-state index in [1.807, 2.05) is 25.3 Å². The van der Waals surface area contributed by atoms with E-state index in [1.165, 1.54) is 6.07 Å². The van der Waals surface area contributed by atoms with Crippen LogP contribution in [0.1, 0.15) is 31.9 Å². The van der Waals surface area contributed by atoms with E-state index in [0.29, 0.717) is 5.56 Å². The summed E-state index contributed by atoms with van der Waals surface area (Å²) >= 11 is 0. The fourth-order valence-electron chi connectivity index (χ4n) is 2.03. The molecule has 1 heterocycles. The molecule has 0 spiro atoms. The molecule has 1 N–H and O–H groups in total. The van der Waals surface area contributed by atoms with Gasteiger partial charge in [-0.1, -0.05) is 13.0 Å². The van der Waals surface area contributed by atoms with E-state index in [0.717, 1.165) is 18.7 Å². The fourth-order valence-corrected chi connectivity index (χ4v) is 2.03. The summed E-state index contributed by atoms with van der Waals surface area (Å²) in [6.07, 6.45) is 4.54. The normalized spacial score (nSPS) is 12.6. The number of benzene rings is 1. The van der Waals surface area contributed by atoms with Crippen LogP contribution < -0.4 is 5.32 Å². The third kappa shape index (κ3) is 2.59. The largest absolute Gasteiger partial charge is 0.310 e. The van der Waals surface area contributed by atoms with E-state index in [4.69, 9.17) is 0 Å². The average Bonchev–Trinajstić information content (AvgIpc) is 2.89. The molecule has 0 aliphatic heterocycles. The molecular weight excluding hydrogens is 229 g/mol. The molecule has 2 rings (SSSR count). The van der Waals surface area contributed by atoms with Crippen molar-refractivity contribution in [2.45, 2.75) is 26.3 Å². The maximum atomic E-state index is 14.0. The molecule has 2 aromatic rings. The van der Waals surface area contributed by atoms with Crippen molar-refractivity contribution in [1.82, 2.24) is 15.1 Å². The second kappa shape index (κ2) is 5.78. The van der Waals surface area contributed by atoms with Crippen LogP contribution in [-0.4, -0.2) is 16.3 Å². The standard InChI is InChI=1S/C14H18FN3/c1-3-8-16-11(2)14-12(15)6-4-7-13(14)18-10-5-9-17-18/h4-7,9-11,16H,3,8H2,1-2H3. The highest BCUT2D eigenvalue weighted by atomic mass is 19.1. The predicted octanol–water partition coefficient (Wildman–Crippen LogP) is 3.07. The summed E-state index contributed by atoms with van der Waals surface area (Å²) in [6.45, 7) is 4.94. The summed E-state index contributed by atoms with van der Waals surface area (Å²) in [6, 6.07) is 6.88. The Bertz CT molecular complexity index is 494. The SMILES string of the molecule is CCCNC(C)c1c(F)cccc1-n1cccn1. The molecule has 0 fully saturated rings. The molecule has 0 aliphatic rings. The van der Waals surface area contributed by atoms with Crippen molar-refractivity contribution in [3.63, 3.8) is 0 Å². The molecule has 0 amide bonds. The van der Waals surface area contributed by atoms with E-state index in [-0.39, 0.29) is 11.9 Å². The van der Waals surface area contributed by atoms with E-state index in [2.05, 4.69) is 17.3 Å². The van der Waals surface area contributed by atoms with Crippen LogP contribution >= 0.6 is 0 Å². The Morgan fingerprint density at radius 1 is 1.39 bits per heavy atom. The predicted molar refractivity (Wildman–Crippen MR) is 70.2 cm³/mol. The van der Waals surface area contributed by atoms with Crippen molar-refractivity contribution >= 4 is 0 Å². The van der Waals surface area contributed by atoms with Gasteiger partial charge in [0.2, 0.25) is 0 Å². The van der Waals surface area contributed by atoms with Gasteiger partial charge in [0.25, 0.3) is 0 Å². The zero-order chi connectivity index (χ0) is 13.0. The lowest BCUT2D eigenvalue weighted by molar-refractivity contribution is 0.523. The van der Waals surface area contributed by atoms with Gasteiger partial charge in [0.05, 0.1) is 5.69 Å². The molecule has 3 nitrogen and oxygen atoms in total. The summed E-state index contributed by atoms with van der Waals surface area (Å²) in [5.41, 5.74) is 1.45. The second-order valence-corrected chi connectivity index (χ2v) is 4.30. The van der Waals surface area contributed by atoms with Crippen LogP contribution in [0, 0.1) is 5.82 Å². The molecule has 1 aromatic carbocycles. The summed E-state index contributed by atoms with van der Waals surface area (Å²) in [5, 5.41) is 7.48. The van der Waals surface area contributed by atoms with Gasteiger partial charge in [-0.15, -0.1) is 0 Å². The second-order valence-electron chi connectivity index (χ2n) is 4.30. The van der Waals surface area contributed by atoms with Gasteiger partial charge in [-0.3, -0.25) is 0 Å². The number of nitrogens with zero attached hydrogens (tertiary/aromatic N) is 2. The van der Waals surface area contributed by atoms with Gasteiger partial charge in [0.1, 0.15) is 5.82 Å². The van der Waals surface area contributed by atoms with Crippen molar-refractivity contribution < 1.29 is 4.39 Å². The van der Waals surface area contributed by atoms with Gasteiger partial charge in [0.15, 0.2) is 0 Å². The zero-order valence-electron chi connectivity index (χ0n) is 10.7. The Labute approximate surface area is 107 Å². The molecule has 0 saturated heterocycles. The van der Waals surface area contributed by atoms with Crippen molar-refractivity contribution in [1.29, 1.82) is 0 Å². The first-order chi connectivity index (χ1) is 8.74. The van der Waals surface area contributed by atoms with E-state index in [9.17, 15) is 4.39 Å². The van der Waals surface area contributed by atoms with Crippen LogP contribution in [0.4, 0.5) is 4.39 Å². The average molecular weight is 247 g/mol. The number of nitrogens with one attached hydrogen (secondary N) is 1. The fraction of sp³-hybridized carbons (Fsp3) is 0.357. The number of halogens is 1. The number of hydrogen-bond donors (Lipinski definition) is 1. The van der Waals surface area contributed by atoms with Crippen molar-refractivity contribution in [2.24, 2.45) is 0 Å². The summed E-state index contributed by atoms with van der Waals surface area (Å²) in [4.78, 5) is 0. The van der Waals surface area contributed by atoms with Gasteiger partial charge in [-0.25, -0.2) is 9.07 Å². The smallest absolute Gasteiger partial charge is 0.130 e. The lowest BCUT2D eigenvalue weighted by Gasteiger charge is -2.18. The van der Waals surface area contributed by atoms with Gasteiger partial charge < -0.3 is 5.32 Å². The first-order valence-electron chi connectivity index (χ1n) is 6.26. The Kier molecular flexibility index (Phi) is 4.10.